The molecule has 0 saturated carbocycles. The summed E-state index contributed by atoms with van der Waals surface area (Å²) in [6.07, 6.45) is 1.65. The summed E-state index contributed by atoms with van der Waals surface area (Å²) in [6.45, 7) is 4.30. The maximum atomic E-state index is 12.7. The number of benzene rings is 2. The molecule has 0 atom stereocenters. The van der Waals surface area contributed by atoms with Crippen molar-refractivity contribution in [1.29, 1.82) is 0 Å². The Morgan fingerprint density at radius 3 is 2.53 bits per heavy atom. The summed E-state index contributed by atoms with van der Waals surface area (Å²) in [4.78, 5) is 4.28. The van der Waals surface area contributed by atoms with E-state index in [2.05, 4.69) is 4.99 Å². The molecule has 1 N–H and O–H groups in total. The van der Waals surface area contributed by atoms with Gasteiger partial charge in [-0.3, -0.25) is 4.99 Å². The van der Waals surface area contributed by atoms with E-state index in [1.807, 2.05) is 26.0 Å². The number of rotatable bonds is 3. The van der Waals surface area contributed by atoms with E-state index < -0.39 is 0 Å². The van der Waals surface area contributed by atoms with Crippen LogP contribution in [0.3, 0.4) is 0 Å². The van der Waals surface area contributed by atoms with Crippen molar-refractivity contribution >= 4 is 6.21 Å². The molecule has 0 aromatic heterocycles. The Morgan fingerprint density at radius 1 is 1.16 bits per heavy atom. The van der Waals surface area contributed by atoms with Crippen molar-refractivity contribution < 1.29 is 9.50 Å². The van der Waals surface area contributed by atoms with Gasteiger partial charge in [-0.05, 0) is 48.7 Å². The minimum absolute atomic E-state index is 0.250. The van der Waals surface area contributed by atoms with Gasteiger partial charge in [0.1, 0.15) is 11.6 Å². The first-order valence-electron chi connectivity index (χ1n) is 6.11. The van der Waals surface area contributed by atoms with E-state index in [-0.39, 0.29) is 11.6 Å². The molecule has 19 heavy (non-hydrogen) atoms. The SMILES string of the molecule is Cc1cc(C)c(O)c(C=NCc2ccc(F)cc2)c1. The van der Waals surface area contributed by atoms with E-state index in [9.17, 15) is 9.50 Å². The van der Waals surface area contributed by atoms with Crippen molar-refractivity contribution in [3.8, 4) is 5.75 Å². The van der Waals surface area contributed by atoms with Gasteiger partial charge in [-0.25, -0.2) is 4.39 Å². The largest absolute Gasteiger partial charge is 0.507 e. The zero-order valence-corrected chi connectivity index (χ0v) is 11.0. The number of halogens is 1. The lowest BCUT2D eigenvalue weighted by atomic mass is 10.1. The molecule has 0 spiro atoms. The summed E-state index contributed by atoms with van der Waals surface area (Å²) >= 11 is 0. The van der Waals surface area contributed by atoms with Crippen LogP contribution in [0.25, 0.3) is 0 Å². The molecule has 0 bridgehead atoms. The minimum atomic E-state index is -0.250. The molecule has 0 amide bonds. The zero-order chi connectivity index (χ0) is 13.8. The van der Waals surface area contributed by atoms with Gasteiger partial charge in [0.15, 0.2) is 0 Å². The number of hydrogen-bond donors (Lipinski definition) is 1. The van der Waals surface area contributed by atoms with Crippen LogP contribution in [0.15, 0.2) is 41.4 Å². The summed E-state index contributed by atoms with van der Waals surface area (Å²) in [5, 5.41) is 9.91. The van der Waals surface area contributed by atoms with Crippen LogP contribution in [0.5, 0.6) is 5.75 Å². The molecule has 0 radical (unpaired) electrons. The molecule has 0 saturated heterocycles. The van der Waals surface area contributed by atoms with Crippen molar-refractivity contribution in [3.05, 3.63) is 64.5 Å². The van der Waals surface area contributed by atoms with Crippen LogP contribution in [0, 0.1) is 19.7 Å². The molecular weight excluding hydrogens is 241 g/mol. The highest BCUT2D eigenvalue weighted by atomic mass is 19.1. The van der Waals surface area contributed by atoms with Crippen LogP contribution in [0.4, 0.5) is 4.39 Å². The summed E-state index contributed by atoms with van der Waals surface area (Å²) in [7, 11) is 0. The van der Waals surface area contributed by atoms with Crippen LogP contribution in [0.1, 0.15) is 22.3 Å². The molecule has 2 aromatic rings. The topological polar surface area (TPSA) is 32.6 Å². The average Bonchev–Trinajstić information content (AvgIpc) is 2.37. The predicted molar refractivity (Wildman–Crippen MR) is 75.3 cm³/mol. The van der Waals surface area contributed by atoms with Crippen molar-refractivity contribution in [2.45, 2.75) is 20.4 Å². The molecule has 2 aromatic carbocycles. The Bertz CT molecular complexity index is 603. The average molecular weight is 257 g/mol. The second-order valence-electron chi connectivity index (χ2n) is 4.62. The third kappa shape index (κ3) is 3.41. The van der Waals surface area contributed by atoms with Gasteiger partial charge >= 0.3 is 0 Å². The first-order valence-corrected chi connectivity index (χ1v) is 6.11. The fourth-order valence-corrected chi connectivity index (χ4v) is 1.93. The second-order valence-corrected chi connectivity index (χ2v) is 4.62. The highest BCUT2D eigenvalue weighted by Crippen LogP contribution is 2.22. The van der Waals surface area contributed by atoms with E-state index >= 15 is 0 Å². The lowest BCUT2D eigenvalue weighted by molar-refractivity contribution is 0.470. The lowest BCUT2D eigenvalue weighted by Gasteiger charge is -2.04. The molecule has 0 aliphatic carbocycles. The Hall–Kier alpha value is -2.16. The van der Waals surface area contributed by atoms with Crippen molar-refractivity contribution in [1.82, 2.24) is 0 Å². The van der Waals surface area contributed by atoms with Crippen LogP contribution in [-0.4, -0.2) is 11.3 Å². The third-order valence-electron chi connectivity index (χ3n) is 2.89. The number of aliphatic imine (C=N–C) groups is 1. The molecule has 2 nitrogen and oxygen atoms in total. The van der Waals surface area contributed by atoms with E-state index in [1.165, 1.54) is 12.1 Å². The number of nitrogens with zero attached hydrogens (tertiary/aromatic N) is 1. The van der Waals surface area contributed by atoms with Crippen LogP contribution in [-0.2, 0) is 6.54 Å². The zero-order valence-electron chi connectivity index (χ0n) is 11.0. The van der Waals surface area contributed by atoms with Gasteiger partial charge in [-0.2, -0.15) is 0 Å². The van der Waals surface area contributed by atoms with Crippen LogP contribution >= 0.6 is 0 Å². The van der Waals surface area contributed by atoms with Gasteiger partial charge in [0, 0.05) is 11.8 Å². The molecule has 0 fully saturated rings. The number of phenolic OH excluding ortho intramolecular Hbond substituents is 1. The Kier molecular flexibility index (Phi) is 3.95. The van der Waals surface area contributed by atoms with Gasteiger partial charge in [-0.15, -0.1) is 0 Å². The third-order valence-corrected chi connectivity index (χ3v) is 2.89. The fraction of sp³-hybridized carbons (Fsp3) is 0.188. The number of phenols is 1. The standard InChI is InChI=1S/C16H16FNO/c1-11-7-12(2)16(19)14(8-11)10-18-9-13-3-5-15(17)6-4-13/h3-8,10,19H,9H2,1-2H3. The van der Waals surface area contributed by atoms with Crippen LogP contribution in [0.2, 0.25) is 0 Å². The smallest absolute Gasteiger partial charge is 0.127 e. The lowest BCUT2D eigenvalue weighted by Crippen LogP contribution is -1.89. The highest BCUT2D eigenvalue weighted by Gasteiger charge is 2.02. The summed E-state index contributed by atoms with van der Waals surface area (Å²) < 4.78 is 12.7. The molecule has 0 unspecified atom stereocenters. The molecule has 0 aliphatic rings. The van der Waals surface area contributed by atoms with Crippen molar-refractivity contribution in [3.63, 3.8) is 0 Å². The quantitative estimate of drug-likeness (QED) is 0.834. The maximum absolute atomic E-state index is 12.7. The van der Waals surface area contributed by atoms with Gasteiger partial charge in [0.25, 0.3) is 0 Å². The molecular formula is C16H16FNO. The molecule has 0 aliphatic heterocycles. The highest BCUT2D eigenvalue weighted by molar-refractivity contribution is 5.84. The Labute approximate surface area is 112 Å². The summed E-state index contributed by atoms with van der Waals surface area (Å²) in [6, 6.07) is 10.0. The molecule has 98 valence electrons. The first-order chi connectivity index (χ1) is 9.06. The fourth-order valence-electron chi connectivity index (χ4n) is 1.93. The van der Waals surface area contributed by atoms with E-state index in [0.29, 0.717) is 12.1 Å². The normalized spacial score (nSPS) is 11.1. The van der Waals surface area contributed by atoms with Crippen LogP contribution < -0.4 is 0 Å². The number of aryl methyl sites for hydroxylation is 2. The molecule has 2 rings (SSSR count). The van der Waals surface area contributed by atoms with Crippen molar-refractivity contribution in [2.24, 2.45) is 4.99 Å². The monoisotopic (exact) mass is 257 g/mol. The van der Waals surface area contributed by atoms with E-state index in [4.69, 9.17) is 0 Å². The number of hydrogen-bond acceptors (Lipinski definition) is 2. The first kappa shape index (κ1) is 13.3. The van der Waals surface area contributed by atoms with E-state index in [0.717, 1.165) is 16.7 Å². The van der Waals surface area contributed by atoms with Gasteiger partial charge < -0.3 is 5.11 Å². The van der Waals surface area contributed by atoms with Crippen molar-refractivity contribution in [2.75, 3.05) is 0 Å². The predicted octanol–water partition coefficient (Wildman–Crippen LogP) is 3.77. The van der Waals surface area contributed by atoms with Gasteiger partial charge in [0.2, 0.25) is 0 Å². The van der Waals surface area contributed by atoms with Gasteiger partial charge in [0.05, 0.1) is 6.54 Å². The van der Waals surface area contributed by atoms with E-state index in [1.54, 1.807) is 18.3 Å². The Balaban J connectivity index is 2.13. The Morgan fingerprint density at radius 2 is 1.84 bits per heavy atom. The molecule has 0 heterocycles. The molecule has 3 heteroatoms. The summed E-state index contributed by atoms with van der Waals surface area (Å²) in [5.74, 6) is 0.00754. The van der Waals surface area contributed by atoms with Gasteiger partial charge in [-0.1, -0.05) is 18.2 Å². The number of aromatic hydroxyl groups is 1. The maximum Gasteiger partial charge on any atom is 0.127 e. The summed E-state index contributed by atoms with van der Waals surface area (Å²) in [5.41, 5.74) is 3.56. The second kappa shape index (κ2) is 5.65. The minimum Gasteiger partial charge on any atom is -0.507 e.